The maximum Gasteiger partial charge on any atom is 0.586 e. The summed E-state index contributed by atoms with van der Waals surface area (Å²) in [5.41, 5.74) is 3.22. The molecule has 2 aromatic rings. The van der Waals surface area contributed by atoms with E-state index in [1.165, 1.54) is 0 Å². The maximum atomic E-state index is 13.6. The van der Waals surface area contributed by atoms with E-state index >= 15 is 0 Å². The minimum absolute atomic E-state index is 0.0806. The maximum absolute atomic E-state index is 13.6. The normalized spacial score (nSPS) is 15.8. The Labute approximate surface area is 248 Å². The number of alkyl halides is 2. The lowest BCUT2D eigenvalue weighted by atomic mass is 9.99. The molecule has 4 N–H and O–H groups in total. The summed E-state index contributed by atoms with van der Waals surface area (Å²) in [5.74, 6) is -2.47. The summed E-state index contributed by atoms with van der Waals surface area (Å²) in [6, 6.07) is 12.8. The fourth-order valence-corrected chi connectivity index (χ4v) is 6.39. The average molecular weight is 624 g/mol. The number of hydrazine groups is 1. The molecule has 1 aliphatic rings. The van der Waals surface area contributed by atoms with Gasteiger partial charge in [-0.05, 0) is 37.1 Å². The Hall–Kier alpha value is -3.84. The Morgan fingerprint density at radius 3 is 2.42 bits per heavy atom. The number of amides is 2. The molecule has 0 aromatic heterocycles. The molecule has 0 radical (unpaired) electrons. The van der Waals surface area contributed by atoms with Crippen molar-refractivity contribution >= 4 is 21.7 Å². The summed E-state index contributed by atoms with van der Waals surface area (Å²) in [6.07, 6.45) is -5.60. The third-order valence-electron chi connectivity index (χ3n) is 6.53. The molecule has 0 fully saturated rings. The Kier molecular flexibility index (Phi) is 11.4. The van der Waals surface area contributed by atoms with E-state index < -0.39 is 57.1 Å². The molecular formula is C28H35F2N5O7S. The standard InChI is InChI=1S/C28H35F2N5O7S/c1-18(2)27(43(39,40)20-11-12-23-24(15-20)42-28(29,30)41-23)33-16-22(36)21(14-19-8-5-4-6-9-19)35(26(38)10-7-13-31)34-25(37)17-32-3/h4-6,8-9,11-12,15,18,21-22,27,32-33,36H,7,10,14,16-17H2,1-3H3,(H,34,37)/t21-,22+,27?/m0/s1. The molecule has 0 bridgehead atoms. The van der Waals surface area contributed by atoms with Gasteiger partial charge in [-0.2, -0.15) is 5.26 Å². The van der Waals surface area contributed by atoms with Crippen LogP contribution < -0.4 is 25.5 Å². The van der Waals surface area contributed by atoms with Crippen LogP contribution in [-0.2, 0) is 25.8 Å². The van der Waals surface area contributed by atoms with Gasteiger partial charge in [-0.3, -0.25) is 20.3 Å². The Bertz CT molecular complexity index is 1420. The second-order valence-corrected chi connectivity index (χ2v) is 12.3. The number of rotatable bonds is 14. The first-order chi connectivity index (χ1) is 20.3. The number of carbonyl (C=O) groups excluding carboxylic acids is 2. The number of ether oxygens (including phenoxy) is 2. The predicted octanol–water partition coefficient (Wildman–Crippen LogP) is 1.71. The van der Waals surface area contributed by atoms with Crippen LogP contribution in [0, 0.1) is 17.2 Å². The number of sulfone groups is 1. The van der Waals surface area contributed by atoms with Crippen molar-refractivity contribution in [2.75, 3.05) is 20.1 Å². The molecule has 43 heavy (non-hydrogen) atoms. The lowest BCUT2D eigenvalue weighted by Crippen LogP contribution is -2.60. The summed E-state index contributed by atoms with van der Waals surface area (Å²) >= 11 is 0. The highest BCUT2D eigenvalue weighted by molar-refractivity contribution is 7.92. The predicted molar refractivity (Wildman–Crippen MR) is 150 cm³/mol. The quantitative estimate of drug-likeness (QED) is 0.227. The summed E-state index contributed by atoms with van der Waals surface area (Å²) in [6.45, 7) is 2.77. The van der Waals surface area contributed by atoms with Gasteiger partial charge >= 0.3 is 6.29 Å². The number of benzene rings is 2. The molecule has 1 aliphatic heterocycles. The van der Waals surface area contributed by atoms with Crippen molar-refractivity contribution in [3.05, 3.63) is 54.1 Å². The van der Waals surface area contributed by atoms with Gasteiger partial charge in [0.05, 0.1) is 29.7 Å². The van der Waals surface area contributed by atoms with Crippen molar-refractivity contribution in [2.24, 2.45) is 5.92 Å². The smallest absolute Gasteiger partial charge is 0.395 e. The van der Waals surface area contributed by atoms with Gasteiger partial charge in [-0.15, -0.1) is 8.78 Å². The first kappa shape index (κ1) is 33.7. The summed E-state index contributed by atoms with van der Waals surface area (Å²) < 4.78 is 63.0. The lowest BCUT2D eigenvalue weighted by Gasteiger charge is -2.36. The van der Waals surface area contributed by atoms with Crippen LogP contribution >= 0.6 is 0 Å². The summed E-state index contributed by atoms with van der Waals surface area (Å²) in [5, 5.41) is 25.6. The molecule has 1 unspecified atom stereocenters. The monoisotopic (exact) mass is 623 g/mol. The molecule has 2 amide bonds. The van der Waals surface area contributed by atoms with E-state index in [0.29, 0.717) is 0 Å². The van der Waals surface area contributed by atoms with Gasteiger partial charge in [0.1, 0.15) is 5.37 Å². The SMILES string of the molecule is CNCC(=O)NN(C(=O)CCC#N)[C@@H](Cc1ccccc1)[C@H](O)CNC(C(C)C)S(=O)(=O)c1ccc2c(c1)OC(F)(F)O2. The van der Waals surface area contributed by atoms with Gasteiger partial charge in [0.25, 0.3) is 5.91 Å². The highest BCUT2D eigenvalue weighted by Crippen LogP contribution is 2.42. The number of fused-ring (bicyclic) bond motifs is 1. The molecule has 12 nitrogen and oxygen atoms in total. The average Bonchev–Trinajstić information content (AvgIpc) is 3.27. The fraction of sp³-hybridized carbons (Fsp3) is 0.464. The third-order valence-corrected chi connectivity index (χ3v) is 8.83. The molecule has 0 saturated carbocycles. The number of nitrogens with zero attached hydrogens (tertiary/aromatic N) is 2. The number of nitriles is 1. The van der Waals surface area contributed by atoms with Crippen LogP contribution in [0.2, 0.25) is 0 Å². The number of aliphatic hydroxyl groups excluding tert-OH is 1. The van der Waals surface area contributed by atoms with E-state index in [-0.39, 0.29) is 43.0 Å². The molecule has 0 aliphatic carbocycles. The first-order valence-corrected chi connectivity index (χ1v) is 15.1. The van der Waals surface area contributed by atoms with E-state index in [4.69, 9.17) is 5.26 Å². The van der Waals surface area contributed by atoms with Crippen molar-refractivity contribution in [2.45, 2.75) is 61.8 Å². The Balaban J connectivity index is 1.89. The Morgan fingerprint density at radius 1 is 1.12 bits per heavy atom. The number of carbonyl (C=O) groups is 2. The van der Waals surface area contributed by atoms with E-state index in [1.54, 1.807) is 51.2 Å². The number of nitrogens with one attached hydrogen (secondary N) is 3. The zero-order valence-corrected chi connectivity index (χ0v) is 24.7. The largest absolute Gasteiger partial charge is 0.586 e. The zero-order chi connectivity index (χ0) is 31.8. The molecular weight excluding hydrogens is 588 g/mol. The number of likely N-dealkylation sites (N-methyl/N-ethyl adjacent to an activating group) is 1. The number of aliphatic hydroxyl groups is 1. The first-order valence-electron chi connectivity index (χ1n) is 13.5. The van der Waals surface area contributed by atoms with E-state index in [2.05, 4.69) is 25.5 Å². The van der Waals surface area contributed by atoms with Crippen LogP contribution in [0.4, 0.5) is 8.78 Å². The molecule has 234 valence electrons. The van der Waals surface area contributed by atoms with Crippen LogP contribution in [0.3, 0.4) is 0 Å². The lowest BCUT2D eigenvalue weighted by molar-refractivity contribution is -0.286. The van der Waals surface area contributed by atoms with Crippen LogP contribution in [0.15, 0.2) is 53.4 Å². The van der Waals surface area contributed by atoms with Gasteiger partial charge in [0.2, 0.25) is 5.91 Å². The highest BCUT2D eigenvalue weighted by Gasteiger charge is 2.44. The zero-order valence-electron chi connectivity index (χ0n) is 23.9. The molecule has 3 atom stereocenters. The van der Waals surface area contributed by atoms with Crippen LogP contribution in [0.25, 0.3) is 0 Å². The van der Waals surface area contributed by atoms with E-state index in [9.17, 15) is 31.9 Å². The third kappa shape index (κ3) is 8.83. The fourth-order valence-electron chi connectivity index (χ4n) is 4.53. The molecule has 1 heterocycles. The number of halogens is 2. The highest BCUT2D eigenvalue weighted by atomic mass is 32.2. The van der Waals surface area contributed by atoms with Crippen LogP contribution in [0.5, 0.6) is 11.5 Å². The minimum atomic E-state index is -4.21. The van der Waals surface area contributed by atoms with Crippen molar-refractivity contribution in [3.8, 4) is 17.6 Å². The van der Waals surface area contributed by atoms with Gasteiger partial charge in [-0.1, -0.05) is 44.2 Å². The number of hydrogen-bond acceptors (Lipinski definition) is 10. The molecule has 2 aromatic carbocycles. The van der Waals surface area contributed by atoms with Crippen molar-refractivity contribution in [1.29, 1.82) is 5.26 Å². The second kappa shape index (κ2) is 14.6. The van der Waals surface area contributed by atoms with E-state index in [1.807, 2.05) is 6.07 Å². The topological polar surface area (TPSA) is 170 Å². The Morgan fingerprint density at radius 2 is 1.79 bits per heavy atom. The molecule has 15 heteroatoms. The van der Waals surface area contributed by atoms with Gasteiger partial charge in [-0.25, -0.2) is 13.4 Å². The van der Waals surface area contributed by atoms with Gasteiger partial charge < -0.3 is 19.9 Å². The molecule has 0 saturated heterocycles. The molecule has 3 rings (SSSR count). The van der Waals surface area contributed by atoms with Crippen molar-refractivity contribution < 1.29 is 41.4 Å². The molecule has 0 spiro atoms. The van der Waals surface area contributed by atoms with E-state index in [0.717, 1.165) is 28.8 Å². The minimum Gasteiger partial charge on any atom is -0.395 e. The summed E-state index contributed by atoms with van der Waals surface area (Å²) in [4.78, 5) is 25.3. The van der Waals surface area contributed by atoms with Gasteiger partial charge in [0.15, 0.2) is 21.3 Å². The van der Waals surface area contributed by atoms with Crippen molar-refractivity contribution in [1.82, 2.24) is 21.1 Å². The van der Waals surface area contributed by atoms with Crippen LogP contribution in [0.1, 0.15) is 32.3 Å². The van der Waals surface area contributed by atoms with Gasteiger partial charge in [0, 0.05) is 25.5 Å². The van der Waals surface area contributed by atoms with Crippen molar-refractivity contribution in [3.63, 3.8) is 0 Å². The second-order valence-electron chi connectivity index (χ2n) is 10.2. The number of hydrogen-bond donors (Lipinski definition) is 4. The summed E-state index contributed by atoms with van der Waals surface area (Å²) in [7, 11) is -2.67. The van der Waals surface area contributed by atoms with Crippen LogP contribution in [-0.4, -0.2) is 74.3 Å².